The van der Waals surface area contributed by atoms with E-state index in [9.17, 15) is 29.7 Å². The largest absolute Gasteiger partial charge is 0.506 e. The van der Waals surface area contributed by atoms with Crippen LogP contribution in [0.25, 0.3) is 10.9 Å². The maximum absolute atomic E-state index is 13.8. The number of carbonyl (C=O) groups is 2. The number of aromatic hydroxyl groups is 1. The molecule has 1 saturated heterocycles. The molecular formula is C50H54N4O8. The van der Waals surface area contributed by atoms with Crippen molar-refractivity contribution in [1.29, 1.82) is 0 Å². The monoisotopic (exact) mass is 838 g/mol. The van der Waals surface area contributed by atoms with E-state index in [1.54, 1.807) is 72.8 Å². The van der Waals surface area contributed by atoms with Gasteiger partial charge in [0.25, 0.3) is 5.91 Å². The first-order valence-corrected chi connectivity index (χ1v) is 21.2. The van der Waals surface area contributed by atoms with Gasteiger partial charge in [-0.05, 0) is 110 Å². The van der Waals surface area contributed by atoms with E-state index in [1.807, 2.05) is 24.3 Å². The molecule has 7 rings (SSSR count). The molecule has 0 saturated carbocycles. The van der Waals surface area contributed by atoms with Gasteiger partial charge in [0.15, 0.2) is 0 Å². The highest BCUT2D eigenvalue weighted by Gasteiger charge is 2.42. The highest BCUT2D eigenvalue weighted by atomic mass is 16.5. The van der Waals surface area contributed by atoms with E-state index in [0.717, 1.165) is 38.0 Å². The Morgan fingerprint density at radius 3 is 2.31 bits per heavy atom. The molecule has 2 atom stereocenters. The highest BCUT2D eigenvalue weighted by Crippen LogP contribution is 2.34. The second-order valence-electron chi connectivity index (χ2n) is 15.8. The van der Waals surface area contributed by atoms with Crippen molar-refractivity contribution in [2.24, 2.45) is 5.92 Å². The summed E-state index contributed by atoms with van der Waals surface area (Å²) in [6.07, 6.45) is 2.16. The summed E-state index contributed by atoms with van der Waals surface area (Å²) in [4.78, 5) is 43.4. The van der Waals surface area contributed by atoms with Gasteiger partial charge in [-0.25, -0.2) is 4.79 Å². The number of piperidine rings is 1. The zero-order valence-corrected chi connectivity index (χ0v) is 34.7. The number of aromatic amines is 1. The molecule has 2 unspecified atom stereocenters. The molecule has 12 nitrogen and oxygen atoms in total. The van der Waals surface area contributed by atoms with Crippen LogP contribution in [0.4, 0.5) is 0 Å². The van der Waals surface area contributed by atoms with Crippen LogP contribution in [0.1, 0.15) is 63.5 Å². The number of hydrogen-bond donors (Lipinski definition) is 6. The maximum atomic E-state index is 13.8. The zero-order chi connectivity index (χ0) is 43.3. The minimum absolute atomic E-state index is 0.0564. The van der Waals surface area contributed by atoms with E-state index in [2.05, 4.69) is 44.8 Å². The van der Waals surface area contributed by atoms with E-state index in [4.69, 9.17) is 9.47 Å². The number of esters is 1. The number of phenols is 1. The van der Waals surface area contributed by atoms with Crippen molar-refractivity contribution in [1.82, 2.24) is 20.5 Å². The fourth-order valence-corrected chi connectivity index (χ4v) is 7.86. The summed E-state index contributed by atoms with van der Waals surface area (Å²) in [6, 6.07) is 39.5. The smallest absolute Gasteiger partial charge is 0.347 e. The molecule has 1 amide bonds. The van der Waals surface area contributed by atoms with Crippen molar-refractivity contribution in [3.8, 4) is 11.5 Å². The minimum atomic E-state index is -2.04. The molecule has 0 bridgehead atoms. The van der Waals surface area contributed by atoms with Crippen molar-refractivity contribution < 1.29 is 34.4 Å². The second kappa shape index (κ2) is 21.0. The Balaban J connectivity index is 0.839. The van der Waals surface area contributed by atoms with E-state index in [0.29, 0.717) is 71.4 Å². The third-order valence-electron chi connectivity index (χ3n) is 11.4. The lowest BCUT2D eigenvalue weighted by molar-refractivity contribution is -0.164. The topological polar surface area (TPSA) is 173 Å². The van der Waals surface area contributed by atoms with Gasteiger partial charge in [-0.2, -0.15) is 0 Å². The lowest BCUT2D eigenvalue weighted by atomic mass is 9.86. The van der Waals surface area contributed by atoms with E-state index < -0.39 is 17.7 Å². The number of nitrogens with one attached hydrogen (secondary N) is 3. The molecule has 6 N–H and O–H groups in total. The lowest BCUT2D eigenvalue weighted by Crippen LogP contribution is -2.40. The van der Waals surface area contributed by atoms with Gasteiger partial charge in [-0.15, -0.1) is 0 Å². The number of carbonyl (C=O) groups excluding carboxylic acids is 2. The van der Waals surface area contributed by atoms with Crippen molar-refractivity contribution in [2.45, 2.75) is 43.9 Å². The number of ether oxygens (including phenoxy) is 2. The SMILES string of the molecule is O=C(NCCCOc1cccc(C(O)(C(=O)OCC2CCN(Cc3ccccc3)CC2)c2ccccc2)c1)c1ccc(CCNCC(O)c2ccc(O)c3[nH]c(=O)ccc23)cc1. The van der Waals surface area contributed by atoms with Crippen LogP contribution in [-0.4, -0.2) is 83.0 Å². The molecular weight excluding hydrogens is 785 g/mol. The van der Waals surface area contributed by atoms with Crippen LogP contribution >= 0.6 is 0 Å². The van der Waals surface area contributed by atoms with Crippen LogP contribution in [0.15, 0.2) is 138 Å². The molecule has 1 fully saturated rings. The molecule has 62 heavy (non-hydrogen) atoms. The molecule has 12 heteroatoms. The zero-order valence-electron chi connectivity index (χ0n) is 34.7. The van der Waals surface area contributed by atoms with Crippen molar-refractivity contribution in [2.75, 3.05) is 45.9 Å². The van der Waals surface area contributed by atoms with Gasteiger partial charge in [0.05, 0.1) is 24.8 Å². The van der Waals surface area contributed by atoms with Crippen LogP contribution in [0.5, 0.6) is 11.5 Å². The summed E-state index contributed by atoms with van der Waals surface area (Å²) in [5, 5.41) is 39.8. The Morgan fingerprint density at radius 1 is 0.823 bits per heavy atom. The number of nitrogens with zero attached hydrogens (tertiary/aromatic N) is 1. The number of aliphatic hydroxyl groups excluding tert-OH is 1. The standard InChI is InChI=1S/C50H54N4O8/c55-44-21-19-42(43-20-22-46(57)53-47(43)44)45(56)32-51-27-23-35-15-17-38(18-16-35)48(58)52-26-8-30-61-41-14-7-13-40(31-41)50(60,39-11-5-2-6-12-39)49(59)62-34-37-24-28-54(29-25-37)33-36-9-3-1-4-10-36/h1-7,9-22,31,37,45,51,55-56,60H,8,23-30,32-34H2,(H,52,58)(H,53,57). The van der Waals surface area contributed by atoms with Gasteiger partial charge >= 0.3 is 5.97 Å². The predicted molar refractivity (Wildman–Crippen MR) is 238 cm³/mol. The summed E-state index contributed by atoms with van der Waals surface area (Å²) in [5.41, 5.74) is 2.11. The number of likely N-dealkylation sites (tertiary alicyclic amines) is 1. The molecule has 1 aliphatic rings. The predicted octanol–water partition coefficient (Wildman–Crippen LogP) is 5.99. The fourth-order valence-electron chi connectivity index (χ4n) is 7.86. The van der Waals surface area contributed by atoms with Crippen LogP contribution in [0, 0.1) is 5.92 Å². The number of aliphatic hydroxyl groups is 2. The number of amides is 1. The van der Waals surface area contributed by atoms with Gasteiger partial charge in [0.1, 0.15) is 11.5 Å². The van der Waals surface area contributed by atoms with Gasteiger partial charge in [0.2, 0.25) is 11.2 Å². The average Bonchev–Trinajstić information content (AvgIpc) is 3.30. The van der Waals surface area contributed by atoms with Crippen LogP contribution in [0.2, 0.25) is 0 Å². The van der Waals surface area contributed by atoms with E-state index in [1.165, 1.54) is 17.7 Å². The van der Waals surface area contributed by atoms with Crippen molar-refractivity contribution in [3.05, 3.63) is 177 Å². The molecule has 1 aliphatic heterocycles. The third kappa shape index (κ3) is 11.1. The summed E-state index contributed by atoms with van der Waals surface area (Å²) < 4.78 is 11.9. The van der Waals surface area contributed by atoms with Crippen LogP contribution < -0.4 is 20.9 Å². The fraction of sp³-hybridized carbons (Fsp3) is 0.300. The van der Waals surface area contributed by atoms with Crippen molar-refractivity contribution in [3.63, 3.8) is 0 Å². The number of H-pyrrole nitrogens is 1. The number of benzene rings is 5. The molecule has 0 radical (unpaired) electrons. The van der Waals surface area contributed by atoms with Crippen molar-refractivity contribution >= 4 is 22.8 Å². The number of phenolic OH excluding ortho intramolecular Hbond substituents is 1. The van der Waals surface area contributed by atoms with Crippen LogP contribution in [0.3, 0.4) is 0 Å². The van der Waals surface area contributed by atoms with Gasteiger partial charge in [0, 0.05) is 42.2 Å². The molecule has 0 spiro atoms. The normalized spacial score (nSPS) is 14.8. The number of rotatable bonds is 19. The molecule has 2 heterocycles. The van der Waals surface area contributed by atoms with Gasteiger partial charge < -0.3 is 40.4 Å². The number of aromatic nitrogens is 1. The lowest BCUT2D eigenvalue weighted by Gasteiger charge is -2.33. The highest BCUT2D eigenvalue weighted by molar-refractivity contribution is 5.94. The van der Waals surface area contributed by atoms with Crippen LogP contribution in [-0.2, 0) is 28.1 Å². The number of hydrogen-bond acceptors (Lipinski definition) is 10. The molecule has 322 valence electrons. The van der Waals surface area contributed by atoms with E-state index in [-0.39, 0.29) is 36.3 Å². The average molecular weight is 839 g/mol. The quantitative estimate of drug-likeness (QED) is 0.0421. The molecule has 1 aromatic heterocycles. The molecule has 0 aliphatic carbocycles. The maximum Gasteiger partial charge on any atom is 0.347 e. The summed E-state index contributed by atoms with van der Waals surface area (Å²) in [7, 11) is 0. The molecule has 5 aromatic carbocycles. The number of pyridine rings is 1. The Morgan fingerprint density at radius 2 is 1.55 bits per heavy atom. The van der Waals surface area contributed by atoms with Gasteiger partial charge in [-0.1, -0.05) is 91.0 Å². The first kappa shape index (κ1) is 43.8. The Labute approximate surface area is 361 Å². The first-order valence-electron chi connectivity index (χ1n) is 21.2. The summed E-state index contributed by atoms with van der Waals surface area (Å²) in [6.45, 7) is 4.50. The third-order valence-corrected chi connectivity index (χ3v) is 11.4. The Bertz CT molecular complexity index is 2450. The Hall–Kier alpha value is -6.31. The van der Waals surface area contributed by atoms with E-state index >= 15 is 0 Å². The Kier molecular flexibility index (Phi) is 14.8. The minimum Gasteiger partial charge on any atom is -0.506 e. The summed E-state index contributed by atoms with van der Waals surface area (Å²) in [5.74, 6) is -0.297. The second-order valence-corrected chi connectivity index (χ2v) is 15.8. The van der Waals surface area contributed by atoms with Gasteiger partial charge in [-0.3, -0.25) is 14.5 Å². The number of fused-ring (bicyclic) bond motifs is 1. The summed E-state index contributed by atoms with van der Waals surface area (Å²) >= 11 is 0. The first-order chi connectivity index (χ1) is 30.2. The molecule has 6 aromatic rings.